The Morgan fingerprint density at radius 1 is 1.30 bits per heavy atom. The van der Waals surface area contributed by atoms with Crippen LogP contribution in [0.2, 0.25) is 5.02 Å². The van der Waals surface area contributed by atoms with E-state index in [2.05, 4.69) is 0 Å². The summed E-state index contributed by atoms with van der Waals surface area (Å²) in [6.45, 7) is -0.613. The van der Waals surface area contributed by atoms with Crippen molar-refractivity contribution in [2.24, 2.45) is 0 Å². The van der Waals surface area contributed by atoms with E-state index in [1.807, 2.05) is 30.3 Å². The largest absolute Gasteiger partial charge is 0.507 e. The van der Waals surface area contributed by atoms with Gasteiger partial charge in [-0.1, -0.05) is 35.5 Å². The van der Waals surface area contributed by atoms with Gasteiger partial charge in [-0.25, -0.2) is 4.79 Å². The quantitative estimate of drug-likeness (QED) is 0.474. The molecule has 1 heterocycles. The summed E-state index contributed by atoms with van der Waals surface area (Å²) in [6, 6.07) is 13.3. The Morgan fingerprint density at radius 3 is 2.70 bits per heavy atom. The van der Waals surface area contributed by atoms with Gasteiger partial charge in [-0.05, 0) is 30.3 Å². The van der Waals surface area contributed by atoms with Crippen LogP contribution in [0.15, 0.2) is 58.0 Å². The number of hydrogen-bond donors (Lipinski definition) is 1. The van der Waals surface area contributed by atoms with Gasteiger partial charge in [0.2, 0.25) is 5.78 Å². The normalized spacial score (nSPS) is 14.3. The van der Waals surface area contributed by atoms with Crippen molar-refractivity contribution in [2.75, 3.05) is 18.6 Å². The van der Waals surface area contributed by atoms with Crippen LogP contribution in [0.5, 0.6) is 5.75 Å². The van der Waals surface area contributed by atoms with Gasteiger partial charge in [0.15, 0.2) is 6.61 Å². The first-order chi connectivity index (χ1) is 12.9. The number of esters is 1. The molecule has 0 fully saturated rings. The van der Waals surface area contributed by atoms with E-state index >= 15 is 0 Å². The number of phenolic OH excluding ortho intramolecular Hbond substituents is 1. The van der Waals surface area contributed by atoms with Gasteiger partial charge in [-0.3, -0.25) is 4.79 Å². The number of nitrogens with zero attached hydrogens (tertiary/aromatic N) is 2. The second kappa shape index (κ2) is 7.74. The monoisotopic (exact) mass is 400 g/mol. The lowest BCUT2D eigenvalue weighted by molar-refractivity contribution is -0.118. The van der Waals surface area contributed by atoms with Gasteiger partial charge in [-0.15, -0.1) is 0 Å². The number of carbonyl (C=O) groups is 2. The van der Waals surface area contributed by atoms with Crippen LogP contribution in [0.25, 0.3) is 0 Å². The fraction of sp³-hybridized carbons (Fsp3) is 0.105. The minimum atomic E-state index is -0.879. The van der Waals surface area contributed by atoms with Gasteiger partial charge < -0.3 is 14.7 Å². The standard InChI is InChI=1S/C19H13ClN2O4S/c1-22-14-4-2-3-5-17(14)27-18(22)13(9-21)16(24)10-26-19(25)12-7-6-11(20)8-15(12)23/h2-8,23H,10H2,1H3/b18-13-. The van der Waals surface area contributed by atoms with Crippen LogP contribution >= 0.6 is 23.4 Å². The second-order valence-corrected chi connectivity index (χ2v) is 7.05. The Kier molecular flexibility index (Phi) is 5.40. The number of para-hydroxylation sites is 1. The Bertz CT molecular complexity index is 1010. The molecule has 1 aliphatic heterocycles. The summed E-state index contributed by atoms with van der Waals surface area (Å²) in [6.07, 6.45) is 0. The van der Waals surface area contributed by atoms with Crippen LogP contribution < -0.4 is 4.90 Å². The average molecular weight is 401 g/mol. The maximum Gasteiger partial charge on any atom is 0.342 e. The first-order valence-corrected chi connectivity index (χ1v) is 8.95. The molecule has 0 aromatic heterocycles. The van der Waals surface area contributed by atoms with E-state index in [4.69, 9.17) is 16.3 Å². The number of phenols is 1. The summed E-state index contributed by atoms with van der Waals surface area (Å²) in [5.41, 5.74) is 0.686. The van der Waals surface area contributed by atoms with E-state index in [0.29, 0.717) is 5.03 Å². The number of Topliss-reactive ketones (excluding diaryl/α,β-unsaturated/α-hetero) is 1. The number of ketones is 1. The molecule has 3 rings (SSSR count). The molecule has 2 aromatic carbocycles. The number of aromatic hydroxyl groups is 1. The second-order valence-electron chi connectivity index (χ2n) is 5.58. The van der Waals surface area contributed by atoms with E-state index in [-0.39, 0.29) is 21.9 Å². The molecule has 0 radical (unpaired) electrons. The Hall–Kier alpha value is -2.95. The van der Waals surface area contributed by atoms with Crippen molar-refractivity contribution >= 4 is 40.8 Å². The number of nitriles is 1. The van der Waals surface area contributed by atoms with Gasteiger partial charge in [0.05, 0.1) is 5.69 Å². The topological polar surface area (TPSA) is 90.6 Å². The molecule has 0 atom stereocenters. The van der Waals surface area contributed by atoms with Crippen molar-refractivity contribution in [1.29, 1.82) is 5.26 Å². The predicted molar refractivity (Wildman–Crippen MR) is 102 cm³/mol. The van der Waals surface area contributed by atoms with Gasteiger partial charge in [0.1, 0.15) is 28.0 Å². The van der Waals surface area contributed by atoms with Crippen molar-refractivity contribution in [3.05, 3.63) is 63.7 Å². The van der Waals surface area contributed by atoms with Crippen LogP contribution in [0.4, 0.5) is 5.69 Å². The number of carbonyl (C=O) groups excluding carboxylic acids is 2. The number of anilines is 1. The zero-order chi connectivity index (χ0) is 19.6. The van der Waals surface area contributed by atoms with Crippen molar-refractivity contribution in [3.63, 3.8) is 0 Å². The predicted octanol–water partition coefficient (Wildman–Crippen LogP) is 3.75. The summed E-state index contributed by atoms with van der Waals surface area (Å²) in [5.74, 6) is -1.85. The molecule has 0 aliphatic carbocycles. The average Bonchev–Trinajstić information content (AvgIpc) is 2.97. The summed E-state index contributed by atoms with van der Waals surface area (Å²) < 4.78 is 4.96. The molecule has 27 heavy (non-hydrogen) atoms. The Labute approximate surface area is 164 Å². The number of halogens is 1. The highest BCUT2D eigenvalue weighted by Crippen LogP contribution is 2.46. The molecule has 0 saturated carbocycles. The number of benzene rings is 2. The first kappa shape index (κ1) is 18.8. The third kappa shape index (κ3) is 3.77. The van der Waals surface area contributed by atoms with Crippen molar-refractivity contribution in [3.8, 4) is 11.8 Å². The van der Waals surface area contributed by atoms with Crippen LogP contribution in [0, 0.1) is 11.3 Å². The van der Waals surface area contributed by atoms with E-state index in [1.54, 1.807) is 11.9 Å². The summed E-state index contributed by atoms with van der Waals surface area (Å²) >= 11 is 7.03. The van der Waals surface area contributed by atoms with Gasteiger partial charge in [-0.2, -0.15) is 5.26 Å². The molecule has 136 valence electrons. The third-order valence-electron chi connectivity index (χ3n) is 3.86. The smallest absolute Gasteiger partial charge is 0.342 e. The maximum absolute atomic E-state index is 12.5. The highest BCUT2D eigenvalue weighted by Gasteiger charge is 2.28. The highest BCUT2D eigenvalue weighted by molar-refractivity contribution is 8.03. The fourth-order valence-electron chi connectivity index (χ4n) is 2.51. The lowest BCUT2D eigenvalue weighted by Crippen LogP contribution is -2.20. The van der Waals surface area contributed by atoms with Crippen molar-refractivity contribution in [1.82, 2.24) is 0 Å². The minimum Gasteiger partial charge on any atom is -0.507 e. The number of hydrogen-bond acceptors (Lipinski definition) is 7. The van der Waals surface area contributed by atoms with E-state index in [0.717, 1.165) is 10.6 Å². The number of thioether (sulfide) groups is 1. The van der Waals surface area contributed by atoms with Crippen molar-refractivity contribution in [2.45, 2.75) is 4.90 Å². The molecule has 1 aliphatic rings. The SMILES string of the molecule is CN1/C(=C(\C#N)C(=O)COC(=O)c2ccc(Cl)cc2O)Sc2ccccc21. The molecular weight excluding hydrogens is 388 g/mol. The lowest BCUT2D eigenvalue weighted by Gasteiger charge is -2.14. The Balaban J connectivity index is 1.75. The number of rotatable bonds is 4. The molecule has 0 amide bonds. The molecule has 0 saturated heterocycles. The van der Waals surface area contributed by atoms with E-state index < -0.39 is 18.4 Å². The summed E-state index contributed by atoms with van der Waals surface area (Å²) in [7, 11) is 1.76. The number of fused-ring (bicyclic) bond motifs is 1. The zero-order valence-corrected chi connectivity index (χ0v) is 15.7. The lowest BCUT2D eigenvalue weighted by atomic mass is 10.2. The molecule has 0 bridgehead atoms. The van der Waals surface area contributed by atoms with E-state index in [1.165, 1.54) is 30.0 Å². The minimum absolute atomic E-state index is 0.0909. The molecule has 1 N–H and O–H groups in total. The van der Waals surface area contributed by atoms with Crippen LogP contribution in [0.3, 0.4) is 0 Å². The summed E-state index contributed by atoms with van der Waals surface area (Å²) in [4.78, 5) is 27.2. The fourth-order valence-corrected chi connectivity index (χ4v) is 3.84. The molecule has 6 nitrogen and oxygen atoms in total. The molecular formula is C19H13ClN2O4S. The maximum atomic E-state index is 12.5. The van der Waals surface area contributed by atoms with Gasteiger partial charge in [0.25, 0.3) is 0 Å². The number of ether oxygens (including phenoxy) is 1. The molecule has 0 unspecified atom stereocenters. The van der Waals surface area contributed by atoms with Crippen LogP contribution in [-0.2, 0) is 9.53 Å². The Morgan fingerprint density at radius 2 is 2.04 bits per heavy atom. The van der Waals surface area contributed by atoms with Gasteiger partial charge >= 0.3 is 5.97 Å². The van der Waals surface area contributed by atoms with Gasteiger partial charge in [0, 0.05) is 17.0 Å². The third-order valence-corrected chi connectivity index (χ3v) is 5.33. The summed E-state index contributed by atoms with van der Waals surface area (Å²) in [5, 5.41) is 19.9. The molecule has 8 heteroatoms. The highest BCUT2D eigenvalue weighted by atomic mass is 35.5. The van der Waals surface area contributed by atoms with Crippen LogP contribution in [0.1, 0.15) is 10.4 Å². The van der Waals surface area contributed by atoms with Crippen molar-refractivity contribution < 1.29 is 19.4 Å². The molecule has 2 aromatic rings. The van der Waals surface area contributed by atoms with E-state index in [9.17, 15) is 20.0 Å². The first-order valence-electron chi connectivity index (χ1n) is 7.76. The zero-order valence-electron chi connectivity index (χ0n) is 14.1. The molecule has 0 spiro atoms. The van der Waals surface area contributed by atoms with Crippen LogP contribution in [-0.4, -0.2) is 30.5 Å².